The van der Waals surface area contributed by atoms with Gasteiger partial charge in [0.2, 0.25) is 0 Å². The highest BCUT2D eigenvalue weighted by Gasteiger charge is 2.32. The van der Waals surface area contributed by atoms with Crippen molar-refractivity contribution < 1.29 is 14.2 Å². The van der Waals surface area contributed by atoms with Crippen molar-refractivity contribution in [2.75, 3.05) is 30.9 Å². The van der Waals surface area contributed by atoms with E-state index in [2.05, 4.69) is 6.92 Å². The Morgan fingerprint density at radius 2 is 2.28 bits per heavy atom. The highest BCUT2D eigenvalue weighted by Crippen LogP contribution is 2.36. The van der Waals surface area contributed by atoms with Gasteiger partial charge < -0.3 is 20.5 Å². The van der Waals surface area contributed by atoms with Crippen LogP contribution in [0.4, 0.5) is 15.8 Å². The molecule has 0 saturated carbocycles. The minimum absolute atomic E-state index is 0.0211. The van der Waals surface area contributed by atoms with Crippen LogP contribution in [0, 0.1) is 11.7 Å². The first kappa shape index (κ1) is 13.0. The highest BCUT2D eigenvalue weighted by atomic mass is 19.1. The molecule has 1 aromatic rings. The highest BCUT2D eigenvalue weighted by molar-refractivity contribution is 5.64. The van der Waals surface area contributed by atoms with Crippen LogP contribution in [-0.2, 0) is 0 Å². The number of nitrogens with two attached hydrogens (primary N) is 1. The van der Waals surface area contributed by atoms with Gasteiger partial charge in [-0.15, -0.1) is 0 Å². The van der Waals surface area contributed by atoms with E-state index in [1.54, 1.807) is 6.07 Å². The molecule has 0 bridgehead atoms. The zero-order valence-corrected chi connectivity index (χ0v) is 10.7. The van der Waals surface area contributed by atoms with Crippen molar-refractivity contribution in [1.82, 2.24) is 0 Å². The zero-order valence-electron chi connectivity index (χ0n) is 10.7. The van der Waals surface area contributed by atoms with E-state index in [1.807, 2.05) is 4.90 Å². The van der Waals surface area contributed by atoms with E-state index < -0.39 is 0 Å². The summed E-state index contributed by atoms with van der Waals surface area (Å²) in [6.07, 6.45) is 0.942. The van der Waals surface area contributed by atoms with Crippen LogP contribution in [0.25, 0.3) is 0 Å². The van der Waals surface area contributed by atoms with Crippen LogP contribution in [0.1, 0.15) is 13.3 Å². The van der Waals surface area contributed by atoms with E-state index in [0.717, 1.165) is 13.0 Å². The maximum Gasteiger partial charge on any atom is 0.148 e. The Labute approximate surface area is 106 Å². The van der Waals surface area contributed by atoms with Gasteiger partial charge >= 0.3 is 0 Å². The summed E-state index contributed by atoms with van der Waals surface area (Å²) < 4.78 is 19.1. The lowest BCUT2D eigenvalue weighted by molar-refractivity contribution is 0.244. The third-order valence-corrected chi connectivity index (χ3v) is 3.68. The smallest absolute Gasteiger partial charge is 0.148 e. The SMILES string of the molecule is COc1cc(N2CCC(C)C2CO)c(F)cc1N. The van der Waals surface area contributed by atoms with Gasteiger partial charge in [0, 0.05) is 18.7 Å². The summed E-state index contributed by atoms with van der Waals surface area (Å²) in [6.45, 7) is 2.82. The Bertz CT molecular complexity index is 439. The van der Waals surface area contributed by atoms with E-state index in [0.29, 0.717) is 17.4 Å². The van der Waals surface area contributed by atoms with Crippen molar-refractivity contribution in [1.29, 1.82) is 0 Å². The summed E-state index contributed by atoms with van der Waals surface area (Å²) in [7, 11) is 1.50. The van der Waals surface area contributed by atoms with Gasteiger partial charge in [-0.1, -0.05) is 6.92 Å². The first-order valence-electron chi connectivity index (χ1n) is 6.09. The number of aliphatic hydroxyl groups is 1. The van der Waals surface area contributed by atoms with E-state index in [1.165, 1.54) is 13.2 Å². The maximum absolute atomic E-state index is 14.0. The van der Waals surface area contributed by atoms with E-state index in [9.17, 15) is 9.50 Å². The normalized spacial score (nSPS) is 23.4. The summed E-state index contributed by atoms with van der Waals surface area (Å²) in [6, 6.07) is 2.82. The van der Waals surface area contributed by atoms with Crippen molar-refractivity contribution in [3.05, 3.63) is 17.9 Å². The van der Waals surface area contributed by atoms with E-state index in [-0.39, 0.29) is 24.2 Å². The number of hydrogen-bond donors (Lipinski definition) is 2. The molecule has 3 N–H and O–H groups in total. The Kier molecular flexibility index (Phi) is 3.61. The van der Waals surface area contributed by atoms with Crippen LogP contribution in [-0.4, -0.2) is 31.4 Å². The molecule has 2 atom stereocenters. The van der Waals surface area contributed by atoms with Gasteiger partial charge in [-0.25, -0.2) is 4.39 Å². The summed E-state index contributed by atoms with van der Waals surface area (Å²) in [4.78, 5) is 1.89. The average molecular weight is 254 g/mol. The summed E-state index contributed by atoms with van der Waals surface area (Å²) in [5.41, 5.74) is 6.39. The Morgan fingerprint density at radius 1 is 1.56 bits per heavy atom. The predicted octanol–water partition coefficient (Wildman–Crippen LogP) is 1.62. The first-order chi connectivity index (χ1) is 8.58. The molecule has 0 radical (unpaired) electrons. The second kappa shape index (κ2) is 5.02. The fraction of sp³-hybridized carbons (Fsp3) is 0.538. The molecule has 2 rings (SSSR count). The molecule has 0 aliphatic carbocycles. The van der Waals surface area contributed by atoms with Crippen LogP contribution in [0.15, 0.2) is 12.1 Å². The van der Waals surface area contributed by atoms with E-state index >= 15 is 0 Å². The number of ether oxygens (including phenoxy) is 1. The Balaban J connectivity index is 2.38. The molecule has 0 amide bonds. The molecule has 100 valence electrons. The van der Waals surface area contributed by atoms with Gasteiger partial charge in [0.15, 0.2) is 0 Å². The first-order valence-corrected chi connectivity index (χ1v) is 6.09. The Hall–Kier alpha value is -1.49. The van der Waals surface area contributed by atoms with Crippen LogP contribution < -0.4 is 15.4 Å². The largest absolute Gasteiger partial charge is 0.495 e. The monoisotopic (exact) mass is 254 g/mol. The zero-order chi connectivity index (χ0) is 13.3. The second-order valence-electron chi connectivity index (χ2n) is 4.75. The Morgan fingerprint density at radius 3 is 2.89 bits per heavy atom. The minimum Gasteiger partial charge on any atom is -0.495 e. The van der Waals surface area contributed by atoms with Gasteiger partial charge in [-0.2, -0.15) is 0 Å². The van der Waals surface area contributed by atoms with E-state index in [4.69, 9.17) is 10.5 Å². The second-order valence-corrected chi connectivity index (χ2v) is 4.75. The van der Waals surface area contributed by atoms with Crippen LogP contribution >= 0.6 is 0 Å². The fourth-order valence-electron chi connectivity index (χ4n) is 2.54. The lowest BCUT2D eigenvalue weighted by Crippen LogP contribution is -2.35. The molecule has 1 aromatic carbocycles. The molecule has 2 unspecified atom stereocenters. The molecule has 1 saturated heterocycles. The van der Waals surface area contributed by atoms with Gasteiger partial charge in [0.05, 0.1) is 31.1 Å². The van der Waals surface area contributed by atoms with Crippen LogP contribution in [0.3, 0.4) is 0 Å². The van der Waals surface area contributed by atoms with Gasteiger partial charge in [-0.3, -0.25) is 0 Å². The lowest BCUT2D eigenvalue weighted by Gasteiger charge is -2.28. The topological polar surface area (TPSA) is 58.7 Å². The summed E-state index contributed by atoms with van der Waals surface area (Å²) >= 11 is 0. The fourth-order valence-corrected chi connectivity index (χ4v) is 2.54. The minimum atomic E-state index is -0.374. The number of anilines is 2. The van der Waals surface area contributed by atoms with Gasteiger partial charge in [-0.05, 0) is 12.3 Å². The number of benzene rings is 1. The molecule has 0 aromatic heterocycles. The molecule has 5 heteroatoms. The molecular formula is C13H19FN2O2. The molecule has 1 aliphatic rings. The number of aliphatic hydroxyl groups excluding tert-OH is 1. The molecule has 1 heterocycles. The summed E-state index contributed by atoms with van der Waals surface area (Å²) in [5, 5.41) is 9.42. The lowest BCUT2D eigenvalue weighted by atomic mass is 10.0. The van der Waals surface area contributed by atoms with Crippen LogP contribution in [0.2, 0.25) is 0 Å². The average Bonchev–Trinajstić information content (AvgIpc) is 2.70. The predicted molar refractivity (Wildman–Crippen MR) is 69.4 cm³/mol. The number of nitrogen functional groups attached to an aromatic ring is 1. The maximum atomic E-state index is 14.0. The molecular weight excluding hydrogens is 235 g/mol. The van der Waals surface area contributed by atoms with Crippen molar-refractivity contribution in [2.45, 2.75) is 19.4 Å². The third-order valence-electron chi connectivity index (χ3n) is 3.68. The number of hydrogen-bond acceptors (Lipinski definition) is 4. The molecule has 4 nitrogen and oxygen atoms in total. The van der Waals surface area contributed by atoms with Crippen molar-refractivity contribution >= 4 is 11.4 Å². The van der Waals surface area contributed by atoms with Crippen molar-refractivity contribution in [3.63, 3.8) is 0 Å². The van der Waals surface area contributed by atoms with Crippen LogP contribution in [0.5, 0.6) is 5.75 Å². The van der Waals surface area contributed by atoms with Crippen molar-refractivity contribution in [2.24, 2.45) is 5.92 Å². The van der Waals surface area contributed by atoms with Gasteiger partial charge in [0.1, 0.15) is 11.6 Å². The van der Waals surface area contributed by atoms with Crippen molar-refractivity contribution in [3.8, 4) is 5.75 Å². The summed E-state index contributed by atoms with van der Waals surface area (Å²) in [5.74, 6) is 0.432. The molecule has 1 fully saturated rings. The standard InChI is InChI=1S/C13H19FN2O2/c1-8-3-4-16(12(8)7-17)11-6-13(18-2)10(15)5-9(11)14/h5-6,8,12,17H,3-4,7,15H2,1-2H3. The number of nitrogens with zero attached hydrogens (tertiary/aromatic N) is 1. The quantitative estimate of drug-likeness (QED) is 0.805. The number of methoxy groups -OCH3 is 1. The third kappa shape index (κ3) is 2.10. The number of rotatable bonds is 3. The molecule has 0 spiro atoms. The van der Waals surface area contributed by atoms with Gasteiger partial charge in [0.25, 0.3) is 0 Å². The molecule has 1 aliphatic heterocycles. The molecule has 18 heavy (non-hydrogen) atoms. The number of halogens is 1.